The first-order valence-corrected chi connectivity index (χ1v) is 10.1. The maximum Gasteiger partial charge on any atom is 0.430 e. The molecule has 1 aliphatic heterocycles. The zero-order chi connectivity index (χ0) is 24.3. The smallest absolute Gasteiger partial charge is 0.370 e. The molecular formula is C19H20F6N4O2S. The first-order valence-electron chi connectivity index (χ1n) is 9.20. The summed E-state index contributed by atoms with van der Waals surface area (Å²) >= 11 is 1.29. The Morgan fingerprint density at radius 1 is 1.03 bits per heavy atom. The van der Waals surface area contributed by atoms with Crippen molar-refractivity contribution in [2.75, 3.05) is 7.05 Å². The Balaban J connectivity index is 2.10. The van der Waals surface area contributed by atoms with E-state index in [4.69, 9.17) is 0 Å². The number of hydrazone groups is 1. The van der Waals surface area contributed by atoms with Crippen molar-refractivity contribution >= 4 is 17.2 Å². The summed E-state index contributed by atoms with van der Waals surface area (Å²) in [6, 6.07) is 2.25. The number of hydrogen-bond acceptors (Lipinski definition) is 7. The molecule has 1 aliphatic rings. The maximum atomic E-state index is 13.2. The highest BCUT2D eigenvalue weighted by Gasteiger charge is 2.71. The zero-order valence-electron chi connectivity index (χ0n) is 17.3. The number of benzene rings is 1. The minimum absolute atomic E-state index is 0.0236. The summed E-state index contributed by atoms with van der Waals surface area (Å²) in [5.41, 5.74) is -7.56. The van der Waals surface area contributed by atoms with Crippen LogP contribution in [0.5, 0.6) is 0 Å². The molecule has 2 heterocycles. The summed E-state index contributed by atoms with van der Waals surface area (Å²) in [7, 11) is 1.62. The van der Waals surface area contributed by atoms with Crippen LogP contribution in [0.1, 0.15) is 41.7 Å². The number of halogens is 6. The van der Waals surface area contributed by atoms with Gasteiger partial charge in [-0.3, -0.25) is 0 Å². The topological polar surface area (TPSA) is 72.2 Å². The van der Waals surface area contributed by atoms with Gasteiger partial charge >= 0.3 is 12.4 Å². The van der Waals surface area contributed by atoms with E-state index >= 15 is 0 Å². The summed E-state index contributed by atoms with van der Waals surface area (Å²) in [6.45, 7) is 4.28. The van der Waals surface area contributed by atoms with Crippen LogP contribution in [0.15, 0.2) is 34.9 Å². The fraction of sp³-hybridized carbons (Fsp3) is 0.474. The lowest BCUT2D eigenvalue weighted by atomic mass is 9.89. The van der Waals surface area contributed by atoms with Crippen LogP contribution in [0.3, 0.4) is 0 Å². The number of aliphatic hydroxyl groups is 2. The molecule has 1 aromatic heterocycles. The number of rotatable bonds is 4. The Bertz CT molecular complexity index is 1000. The molecule has 0 aliphatic carbocycles. The first kappa shape index (κ1) is 24.3. The van der Waals surface area contributed by atoms with Crippen molar-refractivity contribution in [2.24, 2.45) is 5.10 Å². The van der Waals surface area contributed by atoms with E-state index in [9.17, 15) is 36.6 Å². The number of thiazole rings is 1. The number of nitrogens with zero attached hydrogens (tertiary/aromatic N) is 4. The van der Waals surface area contributed by atoms with Gasteiger partial charge in [-0.1, -0.05) is 18.2 Å². The molecule has 2 aromatic rings. The van der Waals surface area contributed by atoms with E-state index in [2.05, 4.69) is 10.1 Å². The summed E-state index contributed by atoms with van der Waals surface area (Å²) in [5, 5.41) is 28.2. The van der Waals surface area contributed by atoms with E-state index in [0.717, 1.165) is 6.07 Å². The Morgan fingerprint density at radius 3 is 2.06 bits per heavy atom. The molecule has 0 spiro atoms. The van der Waals surface area contributed by atoms with Gasteiger partial charge in [-0.2, -0.15) is 31.4 Å². The third kappa shape index (κ3) is 3.82. The van der Waals surface area contributed by atoms with Gasteiger partial charge in [-0.25, -0.2) is 9.99 Å². The molecule has 0 unspecified atom stereocenters. The Hall–Kier alpha value is -2.38. The fourth-order valence-electron chi connectivity index (χ4n) is 3.43. The number of hydrogen-bond donors (Lipinski definition) is 2. The summed E-state index contributed by atoms with van der Waals surface area (Å²) in [5.74, 6) is 0.207. The lowest BCUT2D eigenvalue weighted by Crippen LogP contribution is -2.54. The average molecular weight is 482 g/mol. The molecule has 2 N–H and O–H groups in total. The van der Waals surface area contributed by atoms with Gasteiger partial charge in [0.1, 0.15) is 5.01 Å². The molecule has 0 saturated heterocycles. The number of aromatic nitrogens is 1. The van der Waals surface area contributed by atoms with E-state index < -0.39 is 35.4 Å². The van der Waals surface area contributed by atoms with Crippen molar-refractivity contribution in [3.8, 4) is 0 Å². The monoisotopic (exact) mass is 482 g/mol. The second-order valence-electron chi connectivity index (χ2n) is 7.85. The van der Waals surface area contributed by atoms with Crippen molar-refractivity contribution in [3.05, 3.63) is 51.5 Å². The minimum atomic E-state index is -5.98. The van der Waals surface area contributed by atoms with E-state index in [1.807, 2.05) is 0 Å². The lowest BCUT2D eigenvalue weighted by molar-refractivity contribution is -0.376. The average Bonchev–Trinajstić information content (AvgIpc) is 3.26. The standard InChI is InChI=1S/C19H20F6N4O2S/c1-10-9-11(17(31,18(20,21)22)19(23,24)25)5-6-12(10)13-27-29(16(2,3)30)15(28(13)4)14-26-7-8-32-14/h5-9,15,30-31H,1-4H3/t15-/m0/s1. The van der Waals surface area contributed by atoms with Crippen LogP contribution < -0.4 is 0 Å². The largest absolute Gasteiger partial charge is 0.430 e. The Morgan fingerprint density at radius 2 is 1.62 bits per heavy atom. The van der Waals surface area contributed by atoms with Gasteiger partial charge < -0.3 is 15.1 Å². The van der Waals surface area contributed by atoms with E-state index in [1.165, 1.54) is 37.1 Å². The molecule has 32 heavy (non-hydrogen) atoms. The summed E-state index contributed by atoms with van der Waals surface area (Å²) in [6.07, 6.45) is -11.0. The van der Waals surface area contributed by atoms with Gasteiger partial charge in [-0.05, 0) is 26.3 Å². The predicted octanol–water partition coefficient (Wildman–Crippen LogP) is 4.10. The SMILES string of the molecule is Cc1cc(C(O)(C(F)(F)F)C(F)(F)F)ccc1C1=NN(C(C)(C)O)[C@@H](c2nccs2)N1C. The molecule has 176 valence electrons. The van der Waals surface area contributed by atoms with Crippen molar-refractivity contribution in [1.82, 2.24) is 14.9 Å². The number of alkyl halides is 6. The quantitative estimate of drug-likeness (QED) is 0.643. The van der Waals surface area contributed by atoms with Gasteiger partial charge in [0.2, 0.25) is 0 Å². The minimum Gasteiger partial charge on any atom is -0.370 e. The van der Waals surface area contributed by atoms with Crippen LogP contribution in [0.25, 0.3) is 0 Å². The normalized spacial score (nSPS) is 18.4. The highest BCUT2D eigenvalue weighted by Crippen LogP contribution is 2.50. The molecule has 0 bridgehead atoms. The zero-order valence-corrected chi connectivity index (χ0v) is 18.1. The molecule has 1 atom stereocenters. The van der Waals surface area contributed by atoms with Crippen molar-refractivity contribution < 1.29 is 36.6 Å². The van der Waals surface area contributed by atoms with E-state index in [0.29, 0.717) is 17.1 Å². The third-order valence-corrected chi connectivity index (χ3v) is 5.89. The maximum absolute atomic E-state index is 13.2. The van der Waals surface area contributed by atoms with Crippen LogP contribution in [-0.2, 0) is 5.60 Å². The van der Waals surface area contributed by atoms with Gasteiger partial charge in [0, 0.05) is 29.8 Å². The van der Waals surface area contributed by atoms with Crippen LogP contribution >= 0.6 is 11.3 Å². The second-order valence-corrected chi connectivity index (χ2v) is 8.78. The number of amidine groups is 1. The molecule has 1 aromatic carbocycles. The van der Waals surface area contributed by atoms with Gasteiger partial charge in [0.15, 0.2) is 17.7 Å². The third-order valence-electron chi connectivity index (χ3n) is 5.07. The predicted molar refractivity (Wildman–Crippen MR) is 104 cm³/mol. The Kier molecular flexibility index (Phi) is 5.76. The molecular weight excluding hydrogens is 462 g/mol. The van der Waals surface area contributed by atoms with E-state index in [1.54, 1.807) is 23.5 Å². The van der Waals surface area contributed by atoms with Gasteiger partial charge in [-0.15, -0.1) is 11.3 Å². The van der Waals surface area contributed by atoms with Crippen molar-refractivity contribution in [2.45, 2.75) is 50.6 Å². The molecule has 0 fully saturated rings. The molecule has 0 radical (unpaired) electrons. The van der Waals surface area contributed by atoms with Gasteiger partial charge in [0.25, 0.3) is 5.60 Å². The van der Waals surface area contributed by atoms with Crippen LogP contribution in [-0.4, -0.2) is 56.1 Å². The molecule has 13 heteroatoms. The second kappa shape index (κ2) is 7.59. The van der Waals surface area contributed by atoms with Crippen LogP contribution in [0.4, 0.5) is 26.3 Å². The van der Waals surface area contributed by atoms with Crippen molar-refractivity contribution in [1.29, 1.82) is 0 Å². The fourth-order valence-corrected chi connectivity index (χ4v) is 4.20. The molecule has 6 nitrogen and oxygen atoms in total. The lowest BCUT2D eigenvalue weighted by Gasteiger charge is -2.35. The summed E-state index contributed by atoms with van der Waals surface area (Å²) in [4.78, 5) is 5.84. The molecule has 3 rings (SSSR count). The number of aryl methyl sites for hydroxylation is 1. The van der Waals surface area contributed by atoms with E-state index in [-0.39, 0.29) is 17.0 Å². The highest BCUT2D eigenvalue weighted by molar-refractivity contribution is 7.09. The van der Waals surface area contributed by atoms with Crippen molar-refractivity contribution in [3.63, 3.8) is 0 Å². The molecule has 0 amide bonds. The molecule has 0 saturated carbocycles. The first-order chi connectivity index (χ1) is 14.5. The van der Waals surface area contributed by atoms with Crippen LogP contribution in [0.2, 0.25) is 0 Å². The highest BCUT2D eigenvalue weighted by atomic mass is 32.1. The van der Waals surface area contributed by atoms with Crippen LogP contribution in [0, 0.1) is 6.92 Å². The Labute approximate surface area is 183 Å². The summed E-state index contributed by atoms with van der Waals surface area (Å²) < 4.78 is 79.4. The van der Waals surface area contributed by atoms with Gasteiger partial charge in [0.05, 0.1) is 0 Å².